The lowest BCUT2D eigenvalue weighted by molar-refractivity contribution is -0.146. The number of esters is 1. The van der Waals surface area contributed by atoms with Gasteiger partial charge in [0.15, 0.2) is 0 Å². The smallest absolute Gasteiger partial charge is 0.324 e. The molecule has 1 heterocycles. The van der Waals surface area contributed by atoms with E-state index in [1.54, 1.807) is 0 Å². The fourth-order valence-corrected chi connectivity index (χ4v) is 4.12. The second kappa shape index (κ2) is 6.24. The summed E-state index contributed by atoms with van der Waals surface area (Å²) in [5.41, 5.74) is 0.266. The van der Waals surface area contributed by atoms with Crippen molar-refractivity contribution < 1.29 is 17.9 Å². The van der Waals surface area contributed by atoms with E-state index in [9.17, 15) is 13.2 Å². The fourth-order valence-electron chi connectivity index (χ4n) is 2.43. The number of methoxy groups -OCH3 is 1. The van der Waals surface area contributed by atoms with Crippen molar-refractivity contribution in [1.82, 2.24) is 4.31 Å². The number of carbonyl (C=O) groups is 1. The first-order valence-electron chi connectivity index (χ1n) is 6.60. The van der Waals surface area contributed by atoms with Gasteiger partial charge in [-0.05, 0) is 37.5 Å². The number of hydrogen-bond donors (Lipinski definition) is 0. The molecule has 0 amide bonds. The standard InChI is InChI=1S/C14H16N2O4S/c1-20-14(17)13-7-2-3-8-16(13)21(18,19)12-6-4-5-11(9-12)10-15/h4-6,9,13H,2-3,7-8H2,1H3/t13-/m1/s1. The molecule has 1 atom stereocenters. The van der Waals surface area contributed by atoms with E-state index in [1.165, 1.54) is 35.7 Å². The number of sulfonamides is 1. The van der Waals surface area contributed by atoms with Crippen LogP contribution >= 0.6 is 0 Å². The SMILES string of the molecule is COC(=O)[C@H]1CCCCN1S(=O)(=O)c1cccc(C#N)c1. The molecule has 0 radical (unpaired) electrons. The average molecular weight is 308 g/mol. The molecule has 0 bridgehead atoms. The maximum absolute atomic E-state index is 12.7. The van der Waals surface area contributed by atoms with E-state index in [2.05, 4.69) is 0 Å². The van der Waals surface area contributed by atoms with E-state index in [0.29, 0.717) is 12.8 Å². The van der Waals surface area contributed by atoms with Gasteiger partial charge in [0.05, 0.1) is 23.6 Å². The molecule has 0 aliphatic carbocycles. The van der Waals surface area contributed by atoms with Crippen molar-refractivity contribution in [3.8, 4) is 6.07 Å². The maximum atomic E-state index is 12.7. The third-order valence-electron chi connectivity index (χ3n) is 3.50. The molecule has 1 aromatic carbocycles. The van der Waals surface area contributed by atoms with Crippen LogP contribution in [-0.2, 0) is 19.6 Å². The van der Waals surface area contributed by atoms with Crippen LogP contribution in [0, 0.1) is 11.3 Å². The normalized spacial score (nSPS) is 19.7. The molecule has 1 aromatic rings. The van der Waals surface area contributed by atoms with E-state index < -0.39 is 22.0 Å². The Hall–Kier alpha value is -1.91. The largest absolute Gasteiger partial charge is 0.468 e. The molecule has 2 rings (SSSR count). The highest BCUT2D eigenvalue weighted by molar-refractivity contribution is 7.89. The minimum Gasteiger partial charge on any atom is -0.468 e. The van der Waals surface area contributed by atoms with Crippen molar-refractivity contribution >= 4 is 16.0 Å². The van der Waals surface area contributed by atoms with E-state index in [4.69, 9.17) is 10.00 Å². The van der Waals surface area contributed by atoms with Gasteiger partial charge in [0.25, 0.3) is 0 Å². The predicted molar refractivity (Wildman–Crippen MR) is 74.7 cm³/mol. The fraction of sp³-hybridized carbons (Fsp3) is 0.429. The molecule has 112 valence electrons. The third kappa shape index (κ3) is 3.06. The van der Waals surface area contributed by atoms with Gasteiger partial charge in [-0.3, -0.25) is 4.79 Å². The first kappa shape index (κ1) is 15.5. The number of nitriles is 1. The summed E-state index contributed by atoms with van der Waals surface area (Å²) in [7, 11) is -2.57. The van der Waals surface area contributed by atoms with Crippen LogP contribution in [0.25, 0.3) is 0 Å². The van der Waals surface area contributed by atoms with Gasteiger partial charge in [-0.2, -0.15) is 9.57 Å². The Bertz CT molecular complexity index is 678. The zero-order chi connectivity index (χ0) is 15.5. The van der Waals surface area contributed by atoms with Crippen molar-refractivity contribution in [1.29, 1.82) is 5.26 Å². The van der Waals surface area contributed by atoms with Crippen LogP contribution in [0.1, 0.15) is 24.8 Å². The van der Waals surface area contributed by atoms with Gasteiger partial charge in [0.2, 0.25) is 10.0 Å². The van der Waals surface area contributed by atoms with Crippen molar-refractivity contribution in [2.45, 2.75) is 30.2 Å². The molecule has 0 spiro atoms. The van der Waals surface area contributed by atoms with E-state index in [0.717, 1.165) is 6.42 Å². The summed E-state index contributed by atoms with van der Waals surface area (Å²) in [6.07, 6.45) is 1.93. The number of hydrogen-bond acceptors (Lipinski definition) is 5. The van der Waals surface area contributed by atoms with Gasteiger partial charge in [0.1, 0.15) is 6.04 Å². The third-order valence-corrected chi connectivity index (χ3v) is 5.40. The summed E-state index contributed by atoms with van der Waals surface area (Å²) < 4.78 is 31.3. The minimum atomic E-state index is -3.82. The Morgan fingerprint density at radius 1 is 1.43 bits per heavy atom. The van der Waals surface area contributed by atoms with Crippen LogP contribution in [0.4, 0.5) is 0 Å². The van der Waals surface area contributed by atoms with Crippen LogP contribution in [0.2, 0.25) is 0 Å². The zero-order valence-electron chi connectivity index (χ0n) is 11.7. The lowest BCUT2D eigenvalue weighted by Gasteiger charge is -2.32. The molecule has 1 aliphatic rings. The van der Waals surface area contributed by atoms with Gasteiger partial charge >= 0.3 is 5.97 Å². The number of ether oxygens (including phenoxy) is 1. The van der Waals surface area contributed by atoms with Gasteiger partial charge < -0.3 is 4.74 Å². The Kier molecular flexibility index (Phi) is 4.60. The summed E-state index contributed by atoms with van der Waals surface area (Å²) in [4.78, 5) is 11.8. The van der Waals surface area contributed by atoms with Crippen molar-refractivity contribution in [3.05, 3.63) is 29.8 Å². The lowest BCUT2D eigenvalue weighted by atomic mass is 10.1. The average Bonchev–Trinajstić information content (AvgIpc) is 2.54. The van der Waals surface area contributed by atoms with Crippen molar-refractivity contribution in [3.63, 3.8) is 0 Å². The van der Waals surface area contributed by atoms with Crippen LogP contribution < -0.4 is 0 Å². The Morgan fingerprint density at radius 3 is 2.86 bits per heavy atom. The van der Waals surface area contributed by atoms with E-state index >= 15 is 0 Å². The molecule has 0 N–H and O–H groups in total. The highest BCUT2D eigenvalue weighted by atomic mass is 32.2. The Labute approximate surface area is 124 Å². The number of piperidine rings is 1. The van der Waals surface area contributed by atoms with E-state index in [-0.39, 0.29) is 17.0 Å². The molecule has 0 aromatic heterocycles. The topological polar surface area (TPSA) is 87.5 Å². The molecule has 6 nitrogen and oxygen atoms in total. The molecule has 1 fully saturated rings. The van der Waals surface area contributed by atoms with Gasteiger partial charge in [0, 0.05) is 6.54 Å². The summed E-state index contributed by atoms with van der Waals surface area (Å²) in [6.45, 7) is 0.277. The minimum absolute atomic E-state index is 0.0253. The number of nitrogens with zero attached hydrogens (tertiary/aromatic N) is 2. The summed E-state index contributed by atoms with van der Waals surface area (Å²) in [6, 6.07) is 6.92. The maximum Gasteiger partial charge on any atom is 0.324 e. The number of carbonyl (C=O) groups excluding carboxylic acids is 1. The zero-order valence-corrected chi connectivity index (χ0v) is 12.5. The second-order valence-corrected chi connectivity index (χ2v) is 6.68. The highest BCUT2D eigenvalue weighted by Gasteiger charge is 2.38. The molecule has 1 aliphatic heterocycles. The first-order valence-corrected chi connectivity index (χ1v) is 8.04. The Morgan fingerprint density at radius 2 is 2.19 bits per heavy atom. The van der Waals surface area contributed by atoms with Gasteiger partial charge in [-0.1, -0.05) is 6.07 Å². The second-order valence-electron chi connectivity index (χ2n) is 4.79. The van der Waals surface area contributed by atoms with Crippen LogP contribution in [0.15, 0.2) is 29.2 Å². The van der Waals surface area contributed by atoms with Crippen molar-refractivity contribution in [2.75, 3.05) is 13.7 Å². The van der Waals surface area contributed by atoms with Gasteiger partial charge in [-0.25, -0.2) is 8.42 Å². The summed E-state index contributed by atoms with van der Waals surface area (Å²) >= 11 is 0. The van der Waals surface area contributed by atoms with Crippen molar-refractivity contribution in [2.24, 2.45) is 0 Å². The van der Waals surface area contributed by atoms with E-state index in [1.807, 2.05) is 6.07 Å². The van der Waals surface area contributed by atoms with Crippen LogP contribution in [0.5, 0.6) is 0 Å². The summed E-state index contributed by atoms with van der Waals surface area (Å²) in [5.74, 6) is -0.547. The summed E-state index contributed by atoms with van der Waals surface area (Å²) in [5, 5.41) is 8.88. The molecule has 0 unspecified atom stereocenters. The number of rotatable bonds is 3. The molecule has 0 saturated carbocycles. The monoisotopic (exact) mass is 308 g/mol. The quantitative estimate of drug-likeness (QED) is 0.785. The molecule has 21 heavy (non-hydrogen) atoms. The van der Waals surface area contributed by atoms with Gasteiger partial charge in [-0.15, -0.1) is 0 Å². The highest BCUT2D eigenvalue weighted by Crippen LogP contribution is 2.26. The lowest BCUT2D eigenvalue weighted by Crippen LogP contribution is -2.48. The molecule has 1 saturated heterocycles. The molecular formula is C14H16N2O4S. The predicted octanol–water partition coefficient (Wildman–Crippen LogP) is 1.27. The van der Waals surface area contributed by atoms with Crippen LogP contribution in [-0.4, -0.2) is 38.4 Å². The molecule has 7 heteroatoms. The Balaban J connectivity index is 2.40. The number of benzene rings is 1. The first-order chi connectivity index (χ1) is 10.0. The molecular weight excluding hydrogens is 292 g/mol. The van der Waals surface area contributed by atoms with Crippen LogP contribution in [0.3, 0.4) is 0 Å².